The highest BCUT2D eigenvalue weighted by Crippen LogP contribution is 2.17. The van der Waals surface area contributed by atoms with E-state index >= 15 is 0 Å². The van der Waals surface area contributed by atoms with Gasteiger partial charge in [-0.1, -0.05) is 26.0 Å². The van der Waals surface area contributed by atoms with Gasteiger partial charge in [-0.25, -0.2) is 0 Å². The number of ether oxygens (including phenoxy) is 2. The molecule has 0 radical (unpaired) electrons. The van der Waals surface area contributed by atoms with Crippen LogP contribution in [0.4, 0.5) is 0 Å². The lowest BCUT2D eigenvalue weighted by molar-refractivity contribution is -0.142. The highest BCUT2D eigenvalue weighted by atomic mass is 16.5. The third kappa shape index (κ3) is 7.12. The quantitative estimate of drug-likeness (QED) is 0.532. The monoisotopic (exact) mass is 442 g/mol. The normalized spacial score (nSPS) is 15.7. The summed E-state index contributed by atoms with van der Waals surface area (Å²) < 4.78 is 16.4. The number of rotatable bonds is 11. The number of carbonyl (C=O) groups excluding carboxylic acids is 2. The maximum absolute atomic E-state index is 13.3. The summed E-state index contributed by atoms with van der Waals surface area (Å²) in [6, 6.07) is 11.1. The van der Waals surface area contributed by atoms with Crippen LogP contribution in [0.3, 0.4) is 0 Å². The molecule has 1 aliphatic heterocycles. The molecule has 0 aliphatic carbocycles. The molecule has 2 aromatic rings. The Hall–Kier alpha value is -2.80. The first-order chi connectivity index (χ1) is 15.4. The number of furan rings is 1. The highest BCUT2D eigenvalue weighted by Gasteiger charge is 2.26. The molecular formula is C25H34N2O5. The van der Waals surface area contributed by atoms with Crippen molar-refractivity contribution < 1.29 is 23.5 Å². The van der Waals surface area contributed by atoms with E-state index in [0.29, 0.717) is 19.6 Å². The minimum absolute atomic E-state index is 0.0301. The van der Waals surface area contributed by atoms with Crippen molar-refractivity contribution >= 4 is 11.8 Å². The Kier molecular flexibility index (Phi) is 8.73. The molecule has 1 fully saturated rings. The van der Waals surface area contributed by atoms with Gasteiger partial charge in [-0.3, -0.25) is 9.59 Å². The van der Waals surface area contributed by atoms with Gasteiger partial charge in [0.25, 0.3) is 0 Å². The van der Waals surface area contributed by atoms with Crippen molar-refractivity contribution in [1.29, 1.82) is 0 Å². The second-order valence-corrected chi connectivity index (χ2v) is 8.68. The van der Waals surface area contributed by atoms with Crippen LogP contribution in [-0.2, 0) is 27.3 Å². The van der Waals surface area contributed by atoms with Gasteiger partial charge < -0.3 is 23.7 Å². The van der Waals surface area contributed by atoms with Crippen molar-refractivity contribution in [1.82, 2.24) is 9.80 Å². The summed E-state index contributed by atoms with van der Waals surface area (Å²) in [6.45, 7) is 6.26. The number of carbonyl (C=O) groups is 2. The molecule has 1 aromatic heterocycles. The first-order valence-corrected chi connectivity index (χ1v) is 11.3. The largest absolute Gasteiger partial charge is 0.497 e. The molecule has 1 aliphatic rings. The van der Waals surface area contributed by atoms with E-state index in [0.717, 1.165) is 36.5 Å². The average Bonchev–Trinajstić information content (AvgIpc) is 3.47. The van der Waals surface area contributed by atoms with Crippen LogP contribution in [0.5, 0.6) is 5.75 Å². The third-order valence-electron chi connectivity index (χ3n) is 5.51. The van der Waals surface area contributed by atoms with Crippen molar-refractivity contribution in [2.45, 2.75) is 45.8 Å². The molecule has 1 saturated heterocycles. The predicted octanol–water partition coefficient (Wildman–Crippen LogP) is 3.52. The summed E-state index contributed by atoms with van der Waals surface area (Å²) >= 11 is 0. The minimum atomic E-state index is -0.0966. The Morgan fingerprint density at radius 1 is 1.12 bits per heavy atom. The molecule has 0 unspecified atom stereocenters. The van der Waals surface area contributed by atoms with E-state index in [-0.39, 0.29) is 36.8 Å². The number of hydrogen-bond donors (Lipinski definition) is 0. The number of nitrogens with zero attached hydrogens (tertiary/aromatic N) is 2. The van der Waals surface area contributed by atoms with Crippen LogP contribution < -0.4 is 4.74 Å². The van der Waals surface area contributed by atoms with E-state index < -0.39 is 0 Å². The van der Waals surface area contributed by atoms with E-state index in [9.17, 15) is 9.59 Å². The van der Waals surface area contributed by atoms with Gasteiger partial charge in [0.15, 0.2) is 0 Å². The molecular weight excluding hydrogens is 408 g/mol. The molecule has 7 heteroatoms. The Balaban J connectivity index is 1.68. The summed E-state index contributed by atoms with van der Waals surface area (Å²) in [4.78, 5) is 29.8. The molecule has 0 spiro atoms. The van der Waals surface area contributed by atoms with Gasteiger partial charge >= 0.3 is 0 Å². The van der Waals surface area contributed by atoms with Crippen LogP contribution in [-0.4, -0.2) is 61.1 Å². The Morgan fingerprint density at radius 3 is 2.50 bits per heavy atom. The third-order valence-corrected chi connectivity index (χ3v) is 5.51. The van der Waals surface area contributed by atoms with Gasteiger partial charge in [-0.05, 0) is 48.6 Å². The van der Waals surface area contributed by atoms with Gasteiger partial charge in [0.2, 0.25) is 11.8 Å². The molecule has 0 N–H and O–H groups in total. The van der Waals surface area contributed by atoms with Gasteiger partial charge in [0, 0.05) is 19.7 Å². The number of hydrogen-bond acceptors (Lipinski definition) is 5. The summed E-state index contributed by atoms with van der Waals surface area (Å²) in [6.07, 6.45) is 3.82. The fourth-order valence-corrected chi connectivity index (χ4v) is 3.87. The van der Waals surface area contributed by atoms with E-state index in [1.54, 1.807) is 23.2 Å². The zero-order valence-corrected chi connectivity index (χ0v) is 19.3. The van der Waals surface area contributed by atoms with Crippen LogP contribution in [0, 0.1) is 5.92 Å². The fourth-order valence-electron chi connectivity index (χ4n) is 3.87. The minimum Gasteiger partial charge on any atom is -0.497 e. The van der Waals surface area contributed by atoms with Gasteiger partial charge in [-0.2, -0.15) is 0 Å². The molecule has 1 aromatic carbocycles. The number of methoxy groups -OCH3 is 1. The summed E-state index contributed by atoms with van der Waals surface area (Å²) in [5.74, 6) is 1.56. The SMILES string of the molecule is COc1ccc(CC(=O)N(CC(=O)N(Cc2ccco2)C[C@@H]2CCCO2)CC(C)C)cc1. The van der Waals surface area contributed by atoms with Gasteiger partial charge in [0.05, 0.1) is 39.0 Å². The van der Waals surface area contributed by atoms with Crippen molar-refractivity contribution in [3.63, 3.8) is 0 Å². The maximum Gasteiger partial charge on any atom is 0.242 e. The lowest BCUT2D eigenvalue weighted by Gasteiger charge is -2.29. The summed E-state index contributed by atoms with van der Waals surface area (Å²) in [5.41, 5.74) is 0.892. The first kappa shape index (κ1) is 23.9. The molecule has 2 amide bonds. The molecule has 32 heavy (non-hydrogen) atoms. The topological polar surface area (TPSA) is 72.2 Å². The number of benzene rings is 1. The standard InChI is InChI=1S/C25H34N2O5/c1-19(2)15-26(24(28)14-20-8-10-21(30-3)11-9-20)18-25(29)27(16-22-6-4-12-31-22)17-23-7-5-13-32-23/h4,6,8-12,19,23H,5,7,13-18H2,1-3H3/t23-/m0/s1. The molecule has 0 saturated carbocycles. The fraction of sp³-hybridized carbons (Fsp3) is 0.520. The van der Waals surface area contributed by atoms with Gasteiger partial charge in [-0.15, -0.1) is 0 Å². The summed E-state index contributed by atoms with van der Waals surface area (Å²) in [7, 11) is 1.61. The lowest BCUT2D eigenvalue weighted by atomic mass is 10.1. The van der Waals surface area contributed by atoms with Crippen molar-refractivity contribution in [2.75, 3.05) is 33.4 Å². The molecule has 1 atom stereocenters. The van der Waals surface area contributed by atoms with Crippen molar-refractivity contribution in [3.8, 4) is 5.75 Å². The van der Waals surface area contributed by atoms with E-state index in [4.69, 9.17) is 13.9 Å². The zero-order valence-electron chi connectivity index (χ0n) is 19.3. The van der Waals surface area contributed by atoms with Crippen molar-refractivity contribution in [2.24, 2.45) is 5.92 Å². The van der Waals surface area contributed by atoms with E-state index in [1.165, 1.54) is 0 Å². The van der Waals surface area contributed by atoms with Crippen LogP contribution >= 0.6 is 0 Å². The number of amides is 2. The van der Waals surface area contributed by atoms with E-state index in [2.05, 4.69) is 0 Å². The van der Waals surface area contributed by atoms with Gasteiger partial charge in [0.1, 0.15) is 11.5 Å². The molecule has 7 nitrogen and oxygen atoms in total. The molecule has 0 bridgehead atoms. The smallest absolute Gasteiger partial charge is 0.242 e. The second-order valence-electron chi connectivity index (χ2n) is 8.68. The molecule has 174 valence electrons. The van der Waals surface area contributed by atoms with Crippen LogP contribution in [0.2, 0.25) is 0 Å². The van der Waals surface area contributed by atoms with Crippen LogP contribution in [0.1, 0.15) is 38.0 Å². The lowest BCUT2D eigenvalue weighted by Crippen LogP contribution is -2.46. The highest BCUT2D eigenvalue weighted by molar-refractivity contribution is 5.86. The first-order valence-electron chi connectivity index (χ1n) is 11.3. The average molecular weight is 443 g/mol. The maximum atomic E-state index is 13.3. The second kappa shape index (κ2) is 11.7. The molecule has 3 rings (SSSR count). The zero-order chi connectivity index (χ0) is 22.9. The predicted molar refractivity (Wildman–Crippen MR) is 121 cm³/mol. The molecule has 2 heterocycles. The van der Waals surface area contributed by atoms with Crippen LogP contribution in [0.15, 0.2) is 47.1 Å². The van der Waals surface area contributed by atoms with Crippen molar-refractivity contribution in [3.05, 3.63) is 54.0 Å². The van der Waals surface area contributed by atoms with Crippen LogP contribution in [0.25, 0.3) is 0 Å². The van der Waals surface area contributed by atoms with E-state index in [1.807, 2.05) is 50.2 Å². The Morgan fingerprint density at radius 2 is 1.91 bits per heavy atom. The Bertz CT molecular complexity index is 842. The Labute approximate surface area is 190 Å². The summed E-state index contributed by atoms with van der Waals surface area (Å²) in [5, 5.41) is 0.